The Morgan fingerprint density at radius 2 is 1.64 bits per heavy atom. The first-order valence-electron chi connectivity index (χ1n) is 14.5. The fraction of sp³-hybridized carbons (Fsp3) is 0.278. The summed E-state index contributed by atoms with van der Waals surface area (Å²) >= 11 is 0. The fourth-order valence-electron chi connectivity index (χ4n) is 6.74. The van der Waals surface area contributed by atoms with E-state index in [4.69, 9.17) is 4.74 Å². The van der Waals surface area contributed by atoms with Gasteiger partial charge in [-0.15, -0.1) is 0 Å². The van der Waals surface area contributed by atoms with Crippen molar-refractivity contribution in [3.63, 3.8) is 0 Å². The monoisotopic (exact) mass is 561 g/mol. The zero-order valence-corrected chi connectivity index (χ0v) is 24.3. The smallest absolute Gasteiger partial charge is 0.302 e. The molecular weight excluding hydrogens is 525 g/mol. The third-order valence-corrected chi connectivity index (χ3v) is 8.93. The summed E-state index contributed by atoms with van der Waals surface area (Å²) in [5, 5.41) is 5.77. The highest BCUT2D eigenvalue weighted by atomic mass is 19.1. The third-order valence-electron chi connectivity index (χ3n) is 8.93. The normalized spacial score (nSPS) is 21.0. The van der Waals surface area contributed by atoms with Crippen LogP contribution in [0, 0.1) is 24.6 Å². The molecule has 0 unspecified atom stereocenters. The van der Waals surface area contributed by atoms with Gasteiger partial charge in [-0.05, 0) is 77.4 Å². The number of benzene rings is 4. The number of halogens is 1. The van der Waals surface area contributed by atoms with Gasteiger partial charge in [0.05, 0.1) is 17.4 Å². The summed E-state index contributed by atoms with van der Waals surface area (Å²) in [6.45, 7) is 9.73. The number of carbonyl (C=O) groups is 1. The fourth-order valence-corrected chi connectivity index (χ4v) is 6.74. The van der Waals surface area contributed by atoms with E-state index in [0.717, 1.165) is 41.2 Å². The highest BCUT2D eigenvalue weighted by molar-refractivity contribution is 5.83. The van der Waals surface area contributed by atoms with Crippen molar-refractivity contribution in [2.75, 3.05) is 13.1 Å². The van der Waals surface area contributed by atoms with E-state index in [1.54, 1.807) is 12.1 Å². The Morgan fingerprint density at radius 3 is 2.31 bits per heavy atom. The molecule has 1 aliphatic carbocycles. The van der Waals surface area contributed by atoms with Gasteiger partial charge in [0.1, 0.15) is 12.4 Å². The number of aryl methyl sites for hydroxylation is 1. The van der Waals surface area contributed by atoms with Gasteiger partial charge in [-0.1, -0.05) is 67.6 Å². The average Bonchev–Trinajstić information content (AvgIpc) is 3.29. The zero-order valence-electron chi connectivity index (χ0n) is 24.3. The Hall–Kier alpha value is -4.29. The lowest BCUT2D eigenvalue weighted by atomic mass is 9.88. The summed E-state index contributed by atoms with van der Waals surface area (Å²) < 4.78 is 20.1. The molecule has 2 aliphatic rings. The Morgan fingerprint density at radius 1 is 0.976 bits per heavy atom. The lowest BCUT2D eigenvalue weighted by molar-refractivity contribution is -0.142. The van der Waals surface area contributed by atoms with Crippen LogP contribution in [0.2, 0.25) is 0 Å². The molecule has 0 spiro atoms. The number of esters is 1. The van der Waals surface area contributed by atoms with Crippen molar-refractivity contribution in [3.05, 3.63) is 131 Å². The quantitative estimate of drug-likeness (QED) is 0.205. The molecule has 0 radical (unpaired) electrons. The van der Waals surface area contributed by atoms with Gasteiger partial charge in [-0.2, -0.15) is 5.10 Å². The van der Waals surface area contributed by atoms with Crippen LogP contribution in [0.5, 0.6) is 0 Å². The number of nitrogens with zero attached hydrogens (tertiary/aromatic N) is 3. The molecule has 0 amide bonds. The van der Waals surface area contributed by atoms with E-state index in [1.165, 1.54) is 42.3 Å². The molecule has 6 heteroatoms. The number of ether oxygens (including phenoxy) is 1. The summed E-state index contributed by atoms with van der Waals surface area (Å²) in [5.74, 6) is 0.962. The maximum atomic E-state index is 13.4. The van der Waals surface area contributed by atoms with Crippen molar-refractivity contribution < 1.29 is 13.9 Å². The molecule has 1 aliphatic heterocycles. The standard InChI is InChI=1S/C27H26FN3.C9H10O2/c1-18-12-26-21(14-29-31(26)23-10-8-22(28)9-11-23)13-24(18)27-17-30(16-25(27)19(27)2)15-20-6-4-3-5-7-20;1-8(10)11-7-9-5-3-2-4-6-9/h3-14,19,25H,15-17H2,1-2H3;2-6H,7H2,1H3/t19-,25-,27+;/m1./s1. The van der Waals surface area contributed by atoms with Crippen molar-refractivity contribution in [2.45, 2.75) is 39.3 Å². The van der Waals surface area contributed by atoms with Crippen LogP contribution in [0.15, 0.2) is 103 Å². The predicted molar refractivity (Wildman–Crippen MR) is 164 cm³/mol. The van der Waals surface area contributed by atoms with E-state index in [9.17, 15) is 9.18 Å². The van der Waals surface area contributed by atoms with Crippen LogP contribution in [-0.2, 0) is 28.1 Å². The SMILES string of the molecule is CC(=O)OCc1ccccc1.Cc1cc2c(cnn2-c2ccc(F)cc2)cc1[C@@]12CN(Cc3ccccc3)C[C@@H]1[C@H]2C. The number of aromatic nitrogens is 2. The molecule has 1 saturated carbocycles. The Bertz CT molecular complexity index is 1680. The van der Waals surface area contributed by atoms with E-state index in [1.807, 2.05) is 41.2 Å². The molecular formula is C36H36FN3O2. The highest BCUT2D eigenvalue weighted by Gasteiger charge is 2.67. The molecule has 3 atom stereocenters. The van der Waals surface area contributed by atoms with Crippen molar-refractivity contribution in [2.24, 2.45) is 11.8 Å². The van der Waals surface area contributed by atoms with Gasteiger partial charge in [-0.25, -0.2) is 9.07 Å². The van der Waals surface area contributed by atoms with Crippen LogP contribution in [0.4, 0.5) is 4.39 Å². The number of likely N-dealkylation sites (tertiary alicyclic amines) is 1. The van der Waals surface area contributed by atoms with Gasteiger partial charge in [0.15, 0.2) is 0 Å². The first-order chi connectivity index (χ1) is 20.3. The second-order valence-corrected chi connectivity index (χ2v) is 11.6. The van der Waals surface area contributed by atoms with E-state index in [0.29, 0.717) is 12.5 Å². The highest BCUT2D eigenvalue weighted by Crippen LogP contribution is 2.64. The summed E-state index contributed by atoms with van der Waals surface area (Å²) in [6.07, 6.45) is 1.94. The molecule has 42 heavy (non-hydrogen) atoms. The number of piperidine rings is 1. The summed E-state index contributed by atoms with van der Waals surface area (Å²) in [6, 6.07) is 31.5. The minimum atomic E-state index is -0.242. The number of rotatable bonds is 6. The van der Waals surface area contributed by atoms with Crippen LogP contribution < -0.4 is 0 Å². The number of hydrogen-bond donors (Lipinski definition) is 0. The first-order valence-corrected chi connectivity index (χ1v) is 14.5. The maximum absolute atomic E-state index is 13.4. The second kappa shape index (κ2) is 11.5. The summed E-state index contributed by atoms with van der Waals surface area (Å²) in [5.41, 5.74) is 7.42. The molecule has 1 aromatic heterocycles. The molecule has 4 aromatic carbocycles. The molecule has 1 saturated heterocycles. The molecule has 2 heterocycles. The van der Waals surface area contributed by atoms with Gasteiger partial charge in [-0.3, -0.25) is 9.69 Å². The lowest BCUT2D eigenvalue weighted by Gasteiger charge is -2.24. The van der Waals surface area contributed by atoms with Gasteiger partial charge in [0.2, 0.25) is 0 Å². The van der Waals surface area contributed by atoms with Crippen LogP contribution in [0.25, 0.3) is 16.6 Å². The molecule has 5 nitrogen and oxygen atoms in total. The van der Waals surface area contributed by atoms with Crippen molar-refractivity contribution in [3.8, 4) is 5.69 Å². The van der Waals surface area contributed by atoms with Crippen LogP contribution >= 0.6 is 0 Å². The molecule has 5 aromatic rings. The van der Waals surface area contributed by atoms with E-state index >= 15 is 0 Å². The van der Waals surface area contributed by atoms with Crippen molar-refractivity contribution in [1.29, 1.82) is 0 Å². The lowest BCUT2D eigenvalue weighted by Crippen LogP contribution is -2.28. The van der Waals surface area contributed by atoms with Crippen molar-refractivity contribution in [1.82, 2.24) is 14.7 Å². The minimum Gasteiger partial charge on any atom is -0.461 e. The third kappa shape index (κ3) is 5.47. The Balaban J connectivity index is 0.000000244. The van der Waals surface area contributed by atoms with Crippen LogP contribution in [0.1, 0.15) is 36.1 Å². The topological polar surface area (TPSA) is 47.4 Å². The van der Waals surface area contributed by atoms with E-state index in [-0.39, 0.29) is 17.2 Å². The molecule has 0 N–H and O–H groups in total. The largest absolute Gasteiger partial charge is 0.461 e. The average molecular weight is 562 g/mol. The Labute approximate surface area is 246 Å². The van der Waals surface area contributed by atoms with Gasteiger partial charge < -0.3 is 4.74 Å². The van der Waals surface area contributed by atoms with Crippen molar-refractivity contribution >= 4 is 16.9 Å². The predicted octanol–water partition coefficient (Wildman–Crippen LogP) is 7.24. The molecule has 2 fully saturated rings. The first kappa shape index (κ1) is 27.9. The minimum absolute atomic E-state index is 0.229. The maximum Gasteiger partial charge on any atom is 0.302 e. The summed E-state index contributed by atoms with van der Waals surface area (Å²) in [7, 11) is 0. The molecule has 7 rings (SSSR count). The zero-order chi connectivity index (χ0) is 29.3. The number of hydrogen-bond acceptors (Lipinski definition) is 4. The van der Waals surface area contributed by atoms with Crippen LogP contribution in [-0.4, -0.2) is 33.7 Å². The van der Waals surface area contributed by atoms with Crippen LogP contribution in [0.3, 0.4) is 0 Å². The number of carbonyl (C=O) groups excluding carboxylic acids is 1. The van der Waals surface area contributed by atoms with Gasteiger partial charge in [0.25, 0.3) is 0 Å². The molecule has 214 valence electrons. The second-order valence-electron chi connectivity index (χ2n) is 11.6. The van der Waals surface area contributed by atoms with E-state index < -0.39 is 0 Å². The molecule has 0 bridgehead atoms. The van der Waals surface area contributed by atoms with Gasteiger partial charge in [0, 0.05) is 37.4 Å². The van der Waals surface area contributed by atoms with E-state index in [2.05, 4.69) is 66.3 Å². The number of fused-ring (bicyclic) bond motifs is 2. The summed E-state index contributed by atoms with van der Waals surface area (Å²) in [4.78, 5) is 13.0. The Kier molecular flexibility index (Phi) is 7.65. The van der Waals surface area contributed by atoms with Gasteiger partial charge >= 0.3 is 5.97 Å².